The molecule has 0 unspecified atom stereocenters. The van der Waals surface area contributed by atoms with Crippen LogP contribution in [0.4, 0.5) is 11.4 Å². The first kappa shape index (κ1) is 25.6. The summed E-state index contributed by atoms with van der Waals surface area (Å²) < 4.78 is 2.32. The van der Waals surface area contributed by atoms with Gasteiger partial charge in [-0.1, -0.05) is 76.0 Å². The Morgan fingerprint density at radius 3 is 2.05 bits per heavy atom. The number of carbonyl (C=O) groups is 2. The van der Waals surface area contributed by atoms with Crippen LogP contribution in [-0.4, -0.2) is 27.3 Å². The third kappa shape index (κ3) is 7.05. The first-order valence-corrected chi connectivity index (χ1v) is 12.6. The van der Waals surface area contributed by atoms with Crippen LogP contribution in [-0.2, 0) is 22.6 Å². The molecule has 4 rings (SSSR count). The van der Waals surface area contributed by atoms with E-state index in [-0.39, 0.29) is 41.4 Å². The Kier molecular flexibility index (Phi) is 8.32. The molecule has 0 saturated heterocycles. The predicted molar refractivity (Wildman–Crippen MR) is 144 cm³/mol. The van der Waals surface area contributed by atoms with Gasteiger partial charge in [-0.15, -0.1) is 4.68 Å². The first-order chi connectivity index (χ1) is 17.9. The fraction of sp³-hybridized carbons (Fsp3) is 0.148. The van der Waals surface area contributed by atoms with Crippen LogP contribution in [0.15, 0.2) is 94.9 Å². The summed E-state index contributed by atoms with van der Waals surface area (Å²) in [5.74, 6) is 5.52. The van der Waals surface area contributed by atoms with E-state index in [1.807, 2.05) is 67.6 Å². The summed E-state index contributed by atoms with van der Waals surface area (Å²) in [7, 11) is 0. The molecule has 0 fully saturated rings. The van der Waals surface area contributed by atoms with Crippen molar-refractivity contribution in [3.05, 3.63) is 112 Å². The number of nitrogens with two attached hydrogens (primary N) is 1. The number of hydrogen-bond acceptors (Lipinski definition) is 6. The Morgan fingerprint density at radius 2 is 1.46 bits per heavy atom. The number of anilines is 2. The van der Waals surface area contributed by atoms with Gasteiger partial charge in [0.25, 0.3) is 5.91 Å². The van der Waals surface area contributed by atoms with Crippen LogP contribution < -0.4 is 26.7 Å². The topological polar surface area (TPSA) is 123 Å². The number of nitrogens with one attached hydrogen (secondary N) is 2. The SMILES string of the molecule is Cc1ccc(Cc2n[n+](CC(=O)Nc3ccccc3)c(SCC(=O)Nc3ccccc3)n(N)c2=O)cc1. The molecule has 0 aliphatic rings. The zero-order valence-corrected chi connectivity index (χ0v) is 21.1. The molecule has 4 aromatic rings. The second kappa shape index (κ2) is 12.0. The van der Waals surface area contributed by atoms with E-state index in [1.54, 1.807) is 24.3 Å². The predicted octanol–water partition coefficient (Wildman–Crippen LogP) is 2.51. The Morgan fingerprint density at radius 1 is 0.892 bits per heavy atom. The molecule has 10 heteroatoms. The number of hydrogen-bond donors (Lipinski definition) is 3. The number of nitrogens with zero attached hydrogens (tertiary/aromatic N) is 3. The van der Waals surface area contributed by atoms with Crippen molar-refractivity contribution >= 4 is 35.0 Å². The lowest BCUT2D eigenvalue weighted by atomic mass is 10.1. The van der Waals surface area contributed by atoms with Crippen LogP contribution in [0.25, 0.3) is 0 Å². The van der Waals surface area contributed by atoms with Crippen molar-refractivity contribution in [2.75, 3.05) is 22.2 Å². The number of rotatable bonds is 9. The molecule has 1 heterocycles. The Labute approximate surface area is 218 Å². The fourth-order valence-corrected chi connectivity index (χ4v) is 4.35. The van der Waals surface area contributed by atoms with Crippen LogP contribution in [0.5, 0.6) is 0 Å². The van der Waals surface area contributed by atoms with Gasteiger partial charge >= 0.3 is 10.7 Å². The second-order valence-corrected chi connectivity index (χ2v) is 9.28. The minimum atomic E-state index is -0.494. The molecule has 0 radical (unpaired) electrons. The molecule has 1 aromatic heterocycles. The molecule has 0 saturated carbocycles. The number of para-hydroxylation sites is 2. The van der Waals surface area contributed by atoms with E-state index in [0.29, 0.717) is 11.4 Å². The van der Waals surface area contributed by atoms with Gasteiger partial charge in [-0.3, -0.25) is 15.4 Å². The highest BCUT2D eigenvalue weighted by Crippen LogP contribution is 2.14. The van der Waals surface area contributed by atoms with E-state index in [2.05, 4.69) is 15.7 Å². The summed E-state index contributed by atoms with van der Waals surface area (Å²) in [6.07, 6.45) is 0.246. The monoisotopic (exact) mass is 515 g/mol. The standard InChI is InChI=1S/C27H26N6O3S/c1-19-12-14-20(15-13-19)16-23-26(36)33(28)27(37-18-25(35)30-22-10-6-3-7-11-22)32(31-23)17-24(34)29-21-8-4-2-5-9-21/h2-15H,16-18,28H2,1H3,(H-,29,30,34,35)/p+1. The molecule has 0 atom stereocenters. The molecule has 4 N–H and O–H groups in total. The lowest BCUT2D eigenvalue weighted by Gasteiger charge is -2.10. The van der Waals surface area contributed by atoms with Gasteiger partial charge in [-0.05, 0) is 48.5 Å². The lowest BCUT2D eigenvalue weighted by Crippen LogP contribution is -2.53. The van der Waals surface area contributed by atoms with Gasteiger partial charge in [0.15, 0.2) is 12.2 Å². The Bertz CT molecular complexity index is 1440. The molecule has 3 aromatic carbocycles. The highest BCUT2D eigenvalue weighted by molar-refractivity contribution is 7.99. The van der Waals surface area contributed by atoms with Crippen LogP contribution in [0.3, 0.4) is 0 Å². The van der Waals surface area contributed by atoms with E-state index < -0.39 is 5.56 Å². The van der Waals surface area contributed by atoms with Gasteiger partial charge in [0.2, 0.25) is 5.91 Å². The molecule has 0 aliphatic carbocycles. The van der Waals surface area contributed by atoms with Crippen molar-refractivity contribution in [2.45, 2.75) is 25.0 Å². The second-order valence-electron chi connectivity index (χ2n) is 8.34. The number of aryl methyl sites for hydroxylation is 1. The van der Waals surface area contributed by atoms with Gasteiger partial charge < -0.3 is 10.6 Å². The summed E-state index contributed by atoms with van der Waals surface area (Å²) in [4.78, 5) is 38.4. The number of amides is 2. The summed E-state index contributed by atoms with van der Waals surface area (Å²) in [6, 6.07) is 25.8. The third-order valence-electron chi connectivity index (χ3n) is 5.37. The molecule has 188 valence electrons. The summed E-state index contributed by atoms with van der Waals surface area (Å²) in [5, 5.41) is 10.3. The van der Waals surface area contributed by atoms with Crippen LogP contribution in [0.2, 0.25) is 0 Å². The largest absolute Gasteiger partial charge is 0.383 e. The molecule has 9 nitrogen and oxygen atoms in total. The van der Waals surface area contributed by atoms with Gasteiger partial charge in [0, 0.05) is 17.8 Å². The highest BCUT2D eigenvalue weighted by Gasteiger charge is 2.26. The molecular weight excluding hydrogens is 488 g/mol. The zero-order valence-electron chi connectivity index (χ0n) is 20.3. The van der Waals surface area contributed by atoms with E-state index >= 15 is 0 Å². The lowest BCUT2D eigenvalue weighted by molar-refractivity contribution is -0.782. The normalized spacial score (nSPS) is 10.6. The van der Waals surface area contributed by atoms with Crippen LogP contribution in [0, 0.1) is 6.92 Å². The minimum absolute atomic E-state index is 0.0369. The number of nitrogen functional groups attached to an aromatic ring is 1. The van der Waals surface area contributed by atoms with Crippen LogP contribution in [0.1, 0.15) is 16.8 Å². The van der Waals surface area contributed by atoms with Crippen molar-refractivity contribution in [1.82, 2.24) is 9.77 Å². The van der Waals surface area contributed by atoms with Crippen molar-refractivity contribution in [1.29, 1.82) is 0 Å². The molecular formula is C27H27N6O3S+. The molecule has 2 amide bonds. The maximum absolute atomic E-state index is 13.1. The van der Waals surface area contributed by atoms with Gasteiger partial charge in [-0.2, -0.15) is 0 Å². The smallest absolute Gasteiger partial charge is 0.325 e. The molecule has 0 aliphatic heterocycles. The van der Waals surface area contributed by atoms with Crippen molar-refractivity contribution in [3.63, 3.8) is 0 Å². The van der Waals surface area contributed by atoms with E-state index in [9.17, 15) is 14.4 Å². The highest BCUT2D eigenvalue weighted by atomic mass is 32.2. The zero-order chi connectivity index (χ0) is 26.2. The number of aromatic nitrogens is 3. The van der Waals surface area contributed by atoms with Gasteiger partial charge in [-0.25, -0.2) is 4.79 Å². The Hall–Kier alpha value is -4.44. The third-order valence-corrected chi connectivity index (χ3v) is 6.44. The van der Waals surface area contributed by atoms with E-state index in [1.165, 1.54) is 4.68 Å². The number of carbonyl (C=O) groups excluding carboxylic acids is 2. The van der Waals surface area contributed by atoms with Crippen LogP contribution >= 0.6 is 11.8 Å². The maximum Gasteiger partial charge on any atom is 0.383 e. The quantitative estimate of drug-likeness (QED) is 0.179. The molecule has 0 bridgehead atoms. The summed E-state index contributed by atoms with van der Waals surface area (Å²) in [5.41, 5.74) is 2.97. The van der Waals surface area contributed by atoms with Gasteiger partial charge in [0.05, 0.1) is 5.75 Å². The first-order valence-electron chi connectivity index (χ1n) is 11.6. The fourth-order valence-electron chi connectivity index (χ4n) is 3.55. The summed E-state index contributed by atoms with van der Waals surface area (Å²) in [6.45, 7) is 1.78. The van der Waals surface area contributed by atoms with Crippen molar-refractivity contribution in [3.8, 4) is 0 Å². The number of benzene rings is 3. The molecule has 0 spiro atoms. The van der Waals surface area contributed by atoms with Crippen molar-refractivity contribution < 1.29 is 14.3 Å². The number of thioether (sulfide) groups is 1. The average molecular weight is 516 g/mol. The van der Waals surface area contributed by atoms with Gasteiger partial charge in [0.1, 0.15) is 0 Å². The maximum atomic E-state index is 13.1. The summed E-state index contributed by atoms with van der Waals surface area (Å²) >= 11 is 1.03. The van der Waals surface area contributed by atoms with E-state index in [4.69, 9.17) is 5.84 Å². The van der Waals surface area contributed by atoms with Crippen molar-refractivity contribution in [2.24, 2.45) is 0 Å². The molecule has 37 heavy (non-hydrogen) atoms. The minimum Gasteiger partial charge on any atom is -0.325 e. The Balaban J connectivity index is 1.59. The average Bonchev–Trinajstić information content (AvgIpc) is 2.89. The van der Waals surface area contributed by atoms with E-state index in [0.717, 1.165) is 27.6 Å².